The Labute approximate surface area is 118 Å². The summed E-state index contributed by atoms with van der Waals surface area (Å²) in [7, 11) is 0. The number of rotatable bonds is 2. The van der Waals surface area contributed by atoms with E-state index in [4.69, 9.17) is 0 Å². The Morgan fingerprint density at radius 3 is 2.74 bits per heavy atom. The molecule has 1 amide bonds. The Balaban J connectivity index is 2.26. The molecular weight excluding hydrogens is 313 g/mol. The number of halogens is 2. The highest BCUT2D eigenvalue weighted by atomic mass is 79.9. The molecule has 0 aliphatic carbocycles. The van der Waals surface area contributed by atoms with Gasteiger partial charge in [-0.15, -0.1) is 0 Å². The standard InChI is InChI=1S/C14H11BrFNO2/c1-8-7-9(5-6-12(8)18)17-14(19)10-3-2-4-11(15)13(10)16/h2-7,18H,1H3,(H,17,19). The molecule has 19 heavy (non-hydrogen) atoms. The molecule has 98 valence electrons. The Bertz CT molecular complexity index is 643. The first kappa shape index (κ1) is 13.5. The molecule has 0 spiro atoms. The van der Waals surface area contributed by atoms with Crippen molar-refractivity contribution < 1.29 is 14.3 Å². The quantitative estimate of drug-likeness (QED) is 0.824. The maximum Gasteiger partial charge on any atom is 0.258 e. The third-order valence-corrected chi connectivity index (χ3v) is 3.26. The van der Waals surface area contributed by atoms with E-state index >= 15 is 0 Å². The molecule has 2 rings (SSSR count). The van der Waals surface area contributed by atoms with Crippen LogP contribution >= 0.6 is 15.9 Å². The van der Waals surface area contributed by atoms with Gasteiger partial charge in [-0.3, -0.25) is 4.79 Å². The van der Waals surface area contributed by atoms with Gasteiger partial charge in [-0.05, 0) is 58.7 Å². The zero-order valence-corrected chi connectivity index (χ0v) is 11.7. The number of hydrogen-bond acceptors (Lipinski definition) is 2. The summed E-state index contributed by atoms with van der Waals surface area (Å²) in [5.41, 5.74) is 1.09. The zero-order chi connectivity index (χ0) is 14.0. The minimum absolute atomic E-state index is 0.0416. The van der Waals surface area contributed by atoms with Crippen LogP contribution in [0.1, 0.15) is 15.9 Å². The average molecular weight is 324 g/mol. The fourth-order valence-electron chi connectivity index (χ4n) is 1.61. The summed E-state index contributed by atoms with van der Waals surface area (Å²) in [6.07, 6.45) is 0. The topological polar surface area (TPSA) is 49.3 Å². The first-order chi connectivity index (χ1) is 8.99. The third-order valence-electron chi connectivity index (χ3n) is 2.65. The van der Waals surface area contributed by atoms with E-state index < -0.39 is 11.7 Å². The molecule has 0 radical (unpaired) electrons. The number of benzene rings is 2. The van der Waals surface area contributed by atoms with Crippen LogP contribution in [0.2, 0.25) is 0 Å². The van der Waals surface area contributed by atoms with Crippen LogP contribution in [0.15, 0.2) is 40.9 Å². The van der Waals surface area contributed by atoms with Crippen LogP contribution in [0.5, 0.6) is 5.75 Å². The lowest BCUT2D eigenvalue weighted by Gasteiger charge is -2.08. The van der Waals surface area contributed by atoms with Crippen molar-refractivity contribution in [2.45, 2.75) is 6.92 Å². The van der Waals surface area contributed by atoms with Gasteiger partial charge in [0.05, 0.1) is 10.0 Å². The van der Waals surface area contributed by atoms with Crippen molar-refractivity contribution in [1.82, 2.24) is 0 Å². The van der Waals surface area contributed by atoms with Crippen molar-refractivity contribution in [3.05, 3.63) is 57.8 Å². The molecule has 0 unspecified atom stereocenters. The minimum Gasteiger partial charge on any atom is -0.508 e. The molecule has 2 N–H and O–H groups in total. The molecule has 0 fully saturated rings. The second-order valence-electron chi connectivity index (χ2n) is 4.06. The van der Waals surface area contributed by atoms with E-state index in [0.717, 1.165) is 0 Å². The second kappa shape index (κ2) is 5.40. The van der Waals surface area contributed by atoms with Crippen LogP contribution in [0.3, 0.4) is 0 Å². The maximum atomic E-state index is 13.8. The summed E-state index contributed by atoms with van der Waals surface area (Å²) in [6.45, 7) is 1.71. The van der Waals surface area contributed by atoms with Gasteiger partial charge in [0.1, 0.15) is 11.6 Å². The van der Waals surface area contributed by atoms with Gasteiger partial charge in [0.15, 0.2) is 0 Å². The highest BCUT2D eigenvalue weighted by molar-refractivity contribution is 9.10. The average Bonchev–Trinajstić information content (AvgIpc) is 2.37. The number of phenolic OH excluding ortho intramolecular Hbond substituents is 1. The summed E-state index contributed by atoms with van der Waals surface area (Å²) in [4.78, 5) is 11.9. The number of nitrogens with one attached hydrogen (secondary N) is 1. The monoisotopic (exact) mass is 323 g/mol. The van der Waals surface area contributed by atoms with Crippen LogP contribution in [0.25, 0.3) is 0 Å². The first-order valence-electron chi connectivity index (χ1n) is 5.54. The van der Waals surface area contributed by atoms with E-state index in [9.17, 15) is 14.3 Å². The van der Waals surface area contributed by atoms with Gasteiger partial charge < -0.3 is 10.4 Å². The SMILES string of the molecule is Cc1cc(NC(=O)c2cccc(Br)c2F)ccc1O. The van der Waals surface area contributed by atoms with Crippen LogP contribution in [0.4, 0.5) is 10.1 Å². The molecule has 0 saturated heterocycles. The van der Waals surface area contributed by atoms with Crippen LogP contribution in [-0.2, 0) is 0 Å². The Morgan fingerprint density at radius 2 is 2.05 bits per heavy atom. The number of aromatic hydroxyl groups is 1. The maximum absolute atomic E-state index is 13.8. The van der Waals surface area contributed by atoms with Gasteiger partial charge in [-0.2, -0.15) is 0 Å². The number of phenols is 1. The number of hydrogen-bond donors (Lipinski definition) is 2. The van der Waals surface area contributed by atoms with E-state index in [1.807, 2.05) is 0 Å². The largest absolute Gasteiger partial charge is 0.508 e. The van der Waals surface area contributed by atoms with Gasteiger partial charge in [0, 0.05) is 5.69 Å². The zero-order valence-electron chi connectivity index (χ0n) is 10.1. The summed E-state index contributed by atoms with van der Waals surface area (Å²) in [5.74, 6) is -0.994. The van der Waals surface area contributed by atoms with Crippen LogP contribution in [0, 0.1) is 12.7 Å². The van der Waals surface area contributed by atoms with Gasteiger partial charge in [-0.1, -0.05) is 6.07 Å². The van der Waals surface area contributed by atoms with E-state index in [0.29, 0.717) is 11.3 Å². The normalized spacial score (nSPS) is 10.3. The summed E-state index contributed by atoms with van der Waals surface area (Å²) in [5, 5.41) is 12.0. The second-order valence-corrected chi connectivity index (χ2v) is 4.91. The van der Waals surface area contributed by atoms with Gasteiger partial charge in [0.25, 0.3) is 5.91 Å². The Kier molecular flexibility index (Phi) is 3.85. The molecule has 3 nitrogen and oxygen atoms in total. The predicted octanol–water partition coefficient (Wildman–Crippen LogP) is 3.85. The predicted molar refractivity (Wildman–Crippen MR) is 74.9 cm³/mol. The van der Waals surface area contributed by atoms with E-state index in [-0.39, 0.29) is 15.8 Å². The molecule has 0 aliphatic heterocycles. The fraction of sp³-hybridized carbons (Fsp3) is 0.0714. The van der Waals surface area contributed by atoms with Crippen molar-refractivity contribution in [2.24, 2.45) is 0 Å². The van der Waals surface area contributed by atoms with Gasteiger partial charge in [-0.25, -0.2) is 4.39 Å². The lowest BCUT2D eigenvalue weighted by Crippen LogP contribution is -2.14. The smallest absolute Gasteiger partial charge is 0.258 e. The number of amides is 1. The number of anilines is 1. The summed E-state index contributed by atoms with van der Waals surface area (Å²) >= 11 is 3.03. The van der Waals surface area contributed by atoms with Crippen LogP contribution in [-0.4, -0.2) is 11.0 Å². The molecule has 0 aromatic heterocycles. The molecule has 0 bridgehead atoms. The molecule has 2 aromatic rings. The summed E-state index contributed by atoms with van der Waals surface area (Å²) < 4.78 is 14.0. The minimum atomic E-state index is -0.601. The fourth-order valence-corrected chi connectivity index (χ4v) is 1.98. The molecule has 0 heterocycles. The summed E-state index contributed by atoms with van der Waals surface area (Å²) in [6, 6.07) is 9.16. The Hall–Kier alpha value is -1.88. The highest BCUT2D eigenvalue weighted by Crippen LogP contribution is 2.22. The lowest BCUT2D eigenvalue weighted by molar-refractivity contribution is 0.102. The van der Waals surface area contributed by atoms with Gasteiger partial charge in [0.2, 0.25) is 0 Å². The molecule has 5 heteroatoms. The van der Waals surface area contributed by atoms with Crippen LogP contribution < -0.4 is 5.32 Å². The number of aryl methyl sites for hydroxylation is 1. The molecular formula is C14H11BrFNO2. The molecule has 0 saturated carbocycles. The first-order valence-corrected chi connectivity index (χ1v) is 6.33. The molecule has 0 aliphatic rings. The van der Waals surface area contributed by atoms with Crippen molar-refractivity contribution in [3.63, 3.8) is 0 Å². The molecule has 0 atom stereocenters. The van der Waals surface area contributed by atoms with Crippen molar-refractivity contribution >= 4 is 27.5 Å². The Morgan fingerprint density at radius 1 is 1.32 bits per heavy atom. The van der Waals surface area contributed by atoms with Gasteiger partial charge >= 0.3 is 0 Å². The van der Waals surface area contributed by atoms with Crippen molar-refractivity contribution in [2.75, 3.05) is 5.32 Å². The van der Waals surface area contributed by atoms with Crippen molar-refractivity contribution in [1.29, 1.82) is 0 Å². The van der Waals surface area contributed by atoms with E-state index in [1.165, 1.54) is 18.2 Å². The third kappa shape index (κ3) is 2.93. The number of carbonyl (C=O) groups excluding carboxylic acids is 1. The highest BCUT2D eigenvalue weighted by Gasteiger charge is 2.14. The van der Waals surface area contributed by atoms with Crippen molar-refractivity contribution in [3.8, 4) is 5.75 Å². The molecule has 2 aromatic carbocycles. The van der Waals surface area contributed by atoms with E-state index in [2.05, 4.69) is 21.2 Å². The van der Waals surface area contributed by atoms with E-state index in [1.54, 1.807) is 25.1 Å². The number of carbonyl (C=O) groups is 1. The lowest BCUT2D eigenvalue weighted by atomic mass is 10.1.